The summed E-state index contributed by atoms with van der Waals surface area (Å²) in [7, 11) is 1.64. The lowest BCUT2D eigenvalue weighted by Crippen LogP contribution is -2.09. The number of rotatable bonds is 5. The molecule has 0 spiro atoms. The number of H-pyrrole nitrogens is 1. The summed E-state index contributed by atoms with van der Waals surface area (Å²) in [6.45, 7) is 0. The van der Waals surface area contributed by atoms with Crippen LogP contribution in [0.4, 0.5) is 0 Å². The highest BCUT2D eigenvalue weighted by Gasteiger charge is 2.04. The maximum absolute atomic E-state index is 7.14. The van der Waals surface area contributed by atoms with Crippen LogP contribution in [0.15, 0.2) is 23.4 Å². The highest BCUT2D eigenvalue weighted by molar-refractivity contribution is 7.99. The fraction of sp³-hybridized carbons (Fsp3) is 0.273. The Morgan fingerprint density at radius 3 is 3.12 bits per heavy atom. The molecule has 5 nitrogen and oxygen atoms in total. The maximum atomic E-state index is 7.14. The van der Waals surface area contributed by atoms with Crippen LogP contribution in [0.3, 0.4) is 0 Å². The first-order valence-corrected chi connectivity index (χ1v) is 6.17. The van der Waals surface area contributed by atoms with Gasteiger partial charge in [-0.05, 0) is 12.1 Å². The summed E-state index contributed by atoms with van der Waals surface area (Å²) in [6.07, 6.45) is 0.574. The molecule has 1 heterocycles. The number of benzene rings is 1. The number of thioether (sulfide) groups is 1. The van der Waals surface area contributed by atoms with Crippen LogP contribution in [0, 0.1) is 5.41 Å². The molecule has 0 saturated heterocycles. The summed E-state index contributed by atoms with van der Waals surface area (Å²) >= 11 is 1.56. The quantitative estimate of drug-likeness (QED) is 0.430. The molecule has 0 fully saturated rings. The second kappa shape index (κ2) is 5.09. The van der Waals surface area contributed by atoms with Crippen molar-refractivity contribution in [2.45, 2.75) is 11.6 Å². The van der Waals surface area contributed by atoms with Crippen LogP contribution >= 0.6 is 11.8 Å². The van der Waals surface area contributed by atoms with Gasteiger partial charge in [-0.1, -0.05) is 11.8 Å². The van der Waals surface area contributed by atoms with E-state index in [1.165, 1.54) is 0 Å². The van der Waals surface area contributed by atoms with Gasteiger partial charge in [-0.25, -0.2) is 4.98 Å². The Labute approximate surface area is 103 Å². The van der Waals surface area contributed by atoms with Crippen LogP contribution in [0.2, 0.25) is 0 Å². The summed E-state index contributed by atoms with van der Waals surface area (Å²) in [6, 6.07) is 5.71. The van der Waals surface area contributed by atoms with Crippen molar-refractivity contribution in [2.24, 2.45) is 5.73 Å². The zero-order valence-electron chi connectivity index (χ0n) is 9.49. The van der Waals surface area contributed by atoms with Gasteiger partial charge in [0, 0.05) is 18.2 Å². The zero-order valence-corrected chi connectivity index (χ0v) is 10.3. The largest absolute Gasteiger partial charge is 0.497 e. The summed E-state index contributed by atoms with van der Waals surface area (Å²) in [5.41, 5.74) is 7.16. The first kappa shape index (κ1) is 11.8. The van der Waals surface area contributed by atoms with Crippen LogP contribution in [0.5, 0.6) is 5.75 Å². The lowest BCUT2D eigenvalue weighted by Gasteiger charge is -1.96. The highest BCUT2D eigenvalue weighted by atomic mass is 32.2. The molecule has 0 saturated carbocycles. The molecule has 0 aliphatic heterocycles. The predicted molar refractivity (Wildman–Crippen MR) is 69.9 cm³/mol. The number of fused-ring (bicyclic) bond motifs is 1. The van der Waals surface area contributed by atoms with Crippen molar-refractivity contribution in [3.05, 3.63) is 18.2 Å². The monoisotopic (exact) mass is 250 g/mol. The summed E-state index contributed by atoms with van der Waals surface area (Å²) in [5.74, 6) is 1.77. The van der Waals surface area contributed by atoms with Crippen molar-refractivity contribution in [1.82, 2.24) is 9.97 Å². The number of aromatic amines is 1. The van der Waals surface area contributed by atoms with E-state index < -0.39 is 0 Å². The average Bonchev–Trinajstić information content (AvgIpc) is 2.69. The van der Waals surface area contributed by atoms with Crippen molar-refractivity contribution in [2.75, 3.05) is 12.9 Å². The Morgan fingerprint density at radius 2 is 2.41 bits per heavy atom. The molecule has 0 atom stereocenters. The molecule has 0 aliphatic carbocycles. The molecular formula is C11H14N4OS. The Morgan fingerprint density at radius 1 is 1.59 bits per heavy atom. The first-order valence-electron chi connectivity index (χ1n) is 5.18. The van der Waals surface area contributed by atoms with Crippen LogP contribution in [0.25, 0.3) is 11.0 Å². The lowest BCUT2D eigenvalue weighted by molar-refractivity contribution is 0.415. The number of nitrogens with zero attached hydrogens (tertiary/aromatic N) is 1. The Balaban J connectivity index is 2.11. The molecule has 17 heavy (non-hydrogen) atoms. The molecule has 0 aliphatic rings. The number of nitrogens with one attached hydrogen (secondary N) is 2. The van der Waals surface area contributed by atoms with Gasteiger partial charge >= 0.3 is 0 Å². The Kier molecular flexibility index (Phi) is 3.53. The third-order valence-corrected chi connectivity index (χ3v) is 3.15. The Hall–Kier alpha value is -1.69. The highest BCUT2D eigenvalue weighted by Crippen LogP contribution is 2.23. The number of aromatic nitrogens is 2. The molecule has 1 aromatic carbocycles. The van der Waals surface area contributed by atoms with E-state index in [0.29, 0.717) is 6.42 Å². The number of hydrogen-bond donors (Lipinski definition) is 3. The average molecular weight is 250 g/mol. The van der Waals surface area contributed by atoms with Gasteiger partial charge in [0.2, 0.25) is 0 Å². The van der Waals surface area contributed by atoms with E-state index in [4.69, 9.17) is 15.9 Å². The van der Waals surface area contributed by atoms with Gasteiger partial charge in [0.1, 0.15) is 5.75 Å². The third-order valence-electron chi connectivity index (χ3n) is 2.28. The molecule has 0 bridgehead atoms. The second-order valence-corrected chi connectivity index (χ2v) is 4.63. The van der Waals surface area contributed by atoms with E-state index in [9.17, 15) is 0 Å². The molecule has 0 radical (unpaired) electrons. The number of hydrogen-bond acceptors (Lipinski definition) is 4. The van der Waals surface area contributed by atoms with Gasteiger partial charge in [-0.3, -0.25) is 5.41 Å². The second-order valence-electron chi connectivity index (χ2n) is 3.55. The van der Waals surface area contributed by atoms with Crippen molar-refractivity contribution in [3.8, 4) is 5.75 Å². The van der Waals surface area contributed by atoms with Crippen molar-refractivity contribution in [3.63, 3.8) is 0 Å². The lowest BCUT2D eigenvalue weighted by atomic mass is 10.3. The molecule has 2 aromatic rings. The predicted octanol–water partition coefficient (Wildman–Crippen LogP) is 1.99. The molecule has 4 N–H and O–H groups in total. The van der Waals surface area contributed by atoms with Gasteiger partial charge in [0.05, 0.1) is 24.0 Å². The topological polar surface area (TPSA) is 87.8 Å². The molecule has 1 aromatic heterocycles. The minimum absolute atomic E-state index is 0.204. The van der Waals surface area contributed by atoms with Gasteiger partial charge < -0.3 is 15.5 Å². The minimum Gasteiger partial charge on any atom is -0.497 e. The van der Waals surface area contributed by atoms with Crippen molar-refractivity contribution < 1.29 is 4.74 Å². The van der Waals surface area contributed by atoms with Crippen LogP contribution in [-0.2, 0) is 0 Å². The molecule has 0 amide bonds. The van der Waals surface area contributed by atoms with E-state index in [-0.39, 0.29) is 5.84 Å². The van der Waals surface area contributed by atoms with Crippen LogP contribution in [-0.4, -0.2) is 28.7 Å². The summed E-state index contributed by atoms with van der Waals surface area (Å²) in [4.78, 5) is 7.63. The van der Waals surface area contributed by atoms with Crippen molar-refractivity contribution in [1.29, 1.82) is 5.41 Å². The van der Waals surface area contributed by atoms with Gasteiger partial charge in [-0.2, -0.15) is 0 Å². The first-order chi connectivity index (χ1) is 8.19. The molecular weight excluding hydrogens is 236 g/mol. The third kappa shape index (κ3) is 2.91. The van der Waals surface area contributed by atoms with E-state index in [0.717, 1.165) is 27.7 Å². The van der Waals surface area contributed by atoms with Crippen LogP contribution in [0.1, 0.15) is 6.42 Å². The van der Waals surface area contributed by atoms with Gasteiger partial charge in [0.25, 0.3) is 0 Å². The molecule has 2 rings (SSSR count). The molecule has 90 valence electrons. The molecule has 0 unspecified atom stereocenters. The number of ether oxygens (including phenoxy) is 1. The SMILES string of the molecule is COc1ccc2nc(SCCC(=N)N)[nH]c2c1. The summed E-state index contributed by atoms with van der Waals surface area (Å²) < 4.78 is 5.14. The number of nitrogens with two attached hydrogens (primary N) is 1. The van der Waals surface area contributed by atoms with Gasteiger partial charge in [-0.15, -0.1) is 0 Å². The van der Waals surface area contributed by atoms with E-state index in [1.54, 1.807) is 18.9 Å². The summed E-state index contributed by atoms with van der Waals surface area (Å²) in [5, 5.41) is 7.98. The molecule has 6 heteroatoms. The van der Waals surface area contributed by atoms with E-state index in [1.807, 2.05) is 18.2 Å². The van der Waals surface area contributed by atoms with Crippen molar-refractivity contribution >= 4 is 28.6 Å². The number of methoxy groups -OCH3 is 1. The smallest absolute Gasteiger partial charge is 0.166 e. The van der Waals surface area contributed by atoms with Gasteiger partial charge in [0.15, 0.2) is 5.16 Å². The van der Waals surface area contributed by atoms with Crippen LogP contribution < -0.4 is 10.5 Å². The minimum atomic E-state index is 0.204. The fourth-order valence-corrected chi connectivity index (χ4v) is 2.28. The van der Waals surface area contributed by atoms with E-state index >= 15 is 0 Å². The number of amidine groups is 1. The fourth-order valence-electron chi connectivity index (χ4n) is 1.42. The number of imidazole rings is 1. The van der Waals surface area contributed by atoms with E-state index in [2.05, 4.69) is 9.97 Å². The Bertz CT molecular complexity index is 537. The standard InChI is InChI=1S/C11H14N4OS/c1-16-7-2-3-8-9(6-7)15-11(14-8)17-5-4-10(12)13/h2-3,6H,4-5H2,1H3,(H3,12,13)(H,14,15). The zero-order chi connectivity index (χ0) is 12.3. The maximum Gasteiger partial charge on any atom is 0.166 e. The normalized spacial score (nSPS) is 10.6.